The lowest BCUT2D eigenvalue weighted by atomic mass is 9.92. The third-order valence-corrected chi connectivity index (χ3v) is 5.84. The minimum atomic E-state index is -0.200. The van der Waals surface area contributed by atoms with Gasteiger partial charge < -0.3 is 5.32 Å². The van der Waals surface area contributed by atoms with E-state index in [-0.39, 0.29) is 5.82 Å². The van der Waals surface area contributed by atoms with Crippen LogP contribution in [0.3, 0.4) is 0 Å². The molecule has 3 aromatic heterocycles. The van der Waals surface area contributed by atoms with Gasteiger partial charge in [-0.3, -0.25) is 4.40 Å². The van der Waals surface area contributed by atoms with Crippen molar-refractivity contribution < 1.29 is 4.39 Å². The van der Waals surface area contributed by atoms with Gasteiger partial charge >= 0.3 is 0 Å². The third-order valence-electron chi connectivity index (χ3n) is 5.84. The largest absolute Gasteiger partial charge is 0.316 e. The number of fused-ring (bicyclic) bond motifs is 2. The molecule has 5 rings (SSSR count). The average Bonchev–Trinajstić information content (AvgIpc) is 3.18. The lowest BCUT2D eigenvalue weighted by Crippen LogP contribution is -2.29. The lowest BCUT2D eigenvalue weighted by Gasteiger charge is -2.22. The van der Waals surface area contributed by atoms with Crippen LogP contribution in [-0.2, 0) is 6.42 Å². The number of nitrogens with one attached hydrogen (secondary N) is 1. The van der Waals surface area contributed by atoms with Crippen molar-refractivity contribution in [2.45, 2.75) is 32.1 Å². The number of hydrogen-bond donors (Lipinski definition) is 1. The number of piperidine rings is 1. The molecule has 1 aliphatic rings. The summed E-state index contributed by atoms with van der Waals surface area (Å²) in [7, 11) is 0. The Bertz CT molecular complexity index is 1150. The number of halogens is 1. The van der Waals surface area contributed by atoms with E-state index in [1.54, 1.807) is 12.1 Å². The Labute approximate surface area is 169 Å². The Balaban J connectivity index is 1.46. The normalized spacial score (nSPS) is 17.2. The van der Waals surface area contributed by atoms with Gasteiger partial charge in [0.2, 0.25) is 0 Å². The van der Waals surface area contributed by atoms with Gasteiger partial charge in [0.05, 0.1) is 5.52 Å². The fourth-order valence-corrected chi connectivity index (χ4v) is 4.35. The smallest absolute Gasteiger partial charge is 0.187 e. The first-order chi connectivity index (χ1) is 14.3. The number of hydrogen-bond acceptors (Lipinski definition) is 4. The van der Waals surface area contributed by atoms with E-state index in [1.165, 1.54) is 19.3 Å². The molecule has 0 radical (unpaired) electrons. The van der Waals surface area contributed by atoms with E-state index in [9.17, 15) is 4.39 Å². The Morgan fingerprint density at radius 3 is 3.00 bits per heavy atom. The molecule has 0 bridgehead atoms. The molecular weight excluding hydrogens is 365 g/mol. The predicted molar refractivity (Wildman–Crippen MR) is 112 cm³/mol. The first-order valence-electron chi connectivity index (χ1n) is 10.4. The second-order valence-corrected chi connectivity index (χ2v) is 7.89. The molecule has 1 saturated heterocycles. The molecule has 0 amide bonds. The zero-order chi connectivity index (χ0) is 19.6. The monoisotopic (exact) mass is 389 g/mol. The Kier molecular flexibility index (Phi) is 4.94. The van der Waals surface area contributed by atoms with Gasteiger partial charge in [-0.15, -0.1) is 10.2 Å². The van der Waals surface area contributed by atoms with Crippen LogP contribution in [0.25, 0.3) is 28.1 Å². The molecule has 148 valence electrons. The first kappa shape index (κ1) is 18.2. The van der Waals surface area contributed by atoms with E-state index in [4.69, 9.17) is 4.98 Å². The van der Waals surface area contributed by atoms with Crippen LogP contribution in [0.5, 0.6) is 0 Å². The Hall–Kier alpha value is -2.86. The molecule has 1 N–H and O–H groups in total. The van der Waals surface area contributed by atoms with Gasteiger partial charge in [-0.1, -0.05) is 12.1 Å². The van der Waals surface area contributed by atoms with Crippen LogP contribution < -0.4 is 5.32 Å². The molecular formula is C23H24FN5. The van der Waals surface area contributed by atoms with Crippen molar-refractivity contribution in [3.8, 4) is 11.5 Å². The highest BCUT2D eigenvalue weighted by Gasteiger charge is 2.15. The van der Waals surface area contributed by atoms with Crippen molar-refractivity contribution in [3.05, 3.63) is 60.0 Å². The SMILES string of the molecule is Fc1cc(CCC[C@H]2CCCNC2)c2nc(-c3nnc4ccccn34)ccc2c1. The predicted octanol–water partition coefficient (Wildman–Crippen LogP) is 4.41. The number of nitrogens with zero attached hydrogens (tertiary/aromatic N) is 4. The van der Waals surface area contributed by atoms with E-state index in [1.807, 2.05) is 40.9 Å². The Morgan fingerprint density at radius 1 is 1.14 bits per heavy atom. The molecule has 0 aliphatic carbocycles. The van der Waals surface area contributed by atoms with Crippen LogP contribution in [0, 0.1) is 11.7 Å². The summed E-state index contributed by atoms with van der Waals surface area (Å²) < 4.78 is 16.1. The lowest BCUT2D eigenvalue weighted by molar-refractivity contribution is 0.351. The summed E-state index contributed by atoms with van der Waals surface area (Å²) in [4.78, 5) is 4.87. The number of aromatic nitrogens is 4. The summed E-state index contributed by atoms with van der Waals surface area (Å²) in [6.45, 7) is 2.24. The van der Waals surface area contributed by atoms with Crippen LogP contribution >= 0.6 is 0 Å². The van der Waals surface area contributed by atoms with Crippen molar-refractivity contribution in [2.75, 3.05) is 13.1 Å². The molecule has 1 fully saturated rings. The van der Waals surface area contributed by atoms with Gasteiger partial charge in [0.15, 0.2) is 11.5 Å². The van der Waals surface area contributed by atoms with Crippen molar-refractivity contribution in [1.82, 2.24) is 24.9 Å². The maximum Gasteiger partial charge on any atom is 0.187 e. The average molecular weight is 389 g/mol. The first-order valence-corrected chi connectivity index (χ1v) is 10.4. The molecule has 1 atom stereocenters. The van der Waals surface area contributed by atoms with E-state index < -0.39 is 0 Å². The summed E-state index contributed by atoms with van der Waals surface area (Å²) in [5.74, 6) is 1.23. The molecule has 1 aliphatic heterocycles. The molecule has 0 unspecified atom stereocenters. The van der Waals surface area contributed by atoms with Crippen LogP contribution in [0.15, 0.2) is 48.7 Å². The maximum absolute atomic E-state index is 14.2. The highest BCUT2D eigenvalue weighted by atomic mass is 19.1. The fraction of sp³-hybridized carbons (Fsp3) is 0.348. The van der Waals surface area contributed by atoms with Crippen molar-refractivity contribution in [2.24, 2.45) is 5.92 Å². The van der Waals surface area contributed by atoms with Crippen LogP contribution in [0.4, 0.5) is 4.39 Å². The molecule has 4 heterocycles. The molecule has 6 heteroatoms. The summed E-state index contributed by atoms with van der Waals surface area (Å²) in [5.41, 5.74) is 3.36. The molecule has 4 aromatic rings. The minimum Gasteiger partial charge on any atom is -0.316 e. The van der Waals surface area contributed by atoms with E-state index in [0.717, 1.165) is 59.7 Å². The molecule has 29 heavy (non-hydrogen) atoms. The summed E-state index contributed by atoms with van der Waals surface area (Å²) in [5, 5.41) is 12.8. The zero-order valence-electron chi connectivity index (χ0n) is 16.3. The fourth-order valence-electron chi connectivity index (χ4n) is 4.35. The van der Waals surface area contributed by atoms with Crippen molar-refractivity contribution in [1.29, 1.82) is 0 Å². The molecule has 1 aromatic carbocycles. The standard InChI is InChI=1S/C23H24FN5/c24-19-13-17(7-3-5-16-6-4-11-25-15-16)22-18(14-19)9-10-20(26-22)23-28-27-21-8-1-2-12-29(21)23/h1-2,8-10,12-14,16,25H,3-7,11,15H2/t16-/m0/s1. The molecule has 0 spiro atoms. The van der Waals surface area contributed by atoms with Gasteiger partial charge in [-0.05, 0) is 87.0 Å². The summed E-state index contributed by atoms with van der Waals surface area (Å²) in [6, 6.07) is 12.8. The van der Waals surface area contributed by atoms with Crippen molar-refractivity contribution in [3.63, 3.8) is 0 Å². The second-order valence-electron chi connectivity index (χ2n) is 7.89. The van der Waals surface area contributed by atoms with Crippen molar-refractivity contribution >= 4 is 16.6 Å². The summed E-state index contributed by atoms with van der Waals surface area (Å²) >= 11 is 0. The van der Waals surface area contributed by atoms with Crippen LogP contribution in [0.2, 0.25) is 0 Å². The number of rotatable bonds is 5. The number of aryl methyl sites for hydroxylation is 1. The number of benzene rings is 1. The second kappa shape index (κ2) is 7.87. The van der Waals surface area contributed by atoms with Crippen LogP contribution in [-0.4, -0.2) is 32.7 Å². The van der Waals surface area contributed by atoms with E-state index in [0.29, 0.717) is 5.82 Å². The van der Waals surface area contributed by atoms with Gasteiger partial charge in [0, 0.05) is 11.6 Å². The third kappa shape index (κ3) is 3.72. The quantitative estimate of drug-likeness (QED) is 0.549. The van der Waals surface area contributed by atoms with Gasteiger partial charge in [0.25, 0.3) is 0 Å². The van der Waals surface area contributed by atoms with Gasteiger partial charge in [-0.2, -0.15) is 0 Å². The zero-order valence-corrected chi connectivity index (χ0v) is 16.3. The van der Waals surface area contributed by atoms with E-state index >= 15 is 0 Å². The topological polar surface area (TPSA) is 55.1 Å². The molecule has 0 saturated carbocycles. The Morgan fingerprint density at radius 2 is 2.10 bits per heavy atom. The molecule has 5 nitrogen and oxygen atoms in total. The van der Waals surface area contributed by atoms with Crippen LogP contribution in [0.1, 0.15) is 31.2 Å². The minimum absolute atomic E-state index is 0.200. The maximum atomic E-state index is 14.2. The summed E-state index contributed by atoms with van der Waals surface area (Å²) in [6.07, 6.45) is 7.52. The van der Waals surface area contributed by atoms with E-state index in [2.05, 4.69) is 15.5 Å². The number of pyridine rings is 2. The van der Waals surface area contributed by atoms with Gasteiger partial charge in [-0.25, -0.2) is 9.37 Å². The van der Waals surface area contributed by atoms with Gasteiger partial charge in [0.1, 0.15) is 11.5 Å². The highest BCUT2D eigenvalue weighted by molar-refractivity contribution is 5.84. The highest BCUT2D eigenvalue weighted by Crippen LogP contribution is 2.26.